The van der Waals surface area contributed by atoms with Crippen LogP contribution in [-0.4, -0.2) is 39.7 Å². The average Bonchev–Trinajstić information content (AvgIpc) is 2.70. The third-order valence-corrected chi connectivity index (χ3v) is 2.85. The molecular weight excluding hydrogens is 244 g/mol. The van der Waals surface area contributed by atoms with E-state index in [4.69, 9.17) is 5.11 Å². The Morgan fingerprint density at radius 2 is 2.21 bits per heavy atom. The molecule has 0 aliphatic rings. The highest BCUT2D eigenvalue weighted by molar-refractivity contribution is 5.80. The monoisotopic (exact) mass is 262 g/mol. The Morgan fingerprint density at radius 3 is 2.84 bits per heavy atom. The minimum atomic E-state index is -0.856. The summed E-state index contributed by atoms with van der Waals surface area (Å²) >= 11 is 0. The number of anilines is 1. The van der Waals surface area contributed by atoms with Gasteiger partial charge in [-0.2, -0.15) is 0 Å². The van der Waals surface area contributed by atoms with Crippen molar-refractivity contribution in [1.82, 2.24) is 15.0 Å². The quantitative estimate of drug-likeness (QED) is 0.886. The maximum absolute atomic E-state index is 10.7. The van der Waals surface area contributed by atoms with Gasteiger partial charge in [-0.25, -0.2) is 4.68 Å². The zero-order valence-corrected chi connectivity index (χ0v) is 11.4. The molecule has 19 heavy (non-hydrogen) atoms. The second kappa shape index (κ2) is 5.26. The van der Waals surface area contributed by atoms with Gasteiger partial charge in [-0.05, 0) is 24.1 Å². The predicted octanol–water partition coefficient (Wildman–Crippen LogP) is 1.61. The molecule has 102 valence electrons. The molecule has 0 aliphatic carbocycles. The van der Waals surface area contributed by atoms with Crippen LogP contribution >= 0.6 is 0 Å². The fourth-order valence-corrected chi connectivity index (χ4v) is 1.97. The SMILES string of the molecule is CC(C)Cn1nnc2cc(N(C)CC(=O)O)ccc21. The van der Waals surface area contributed by atoms with Gasteiger partial charge < -0.3 is 10.0 Å². The van der Waals surface area contributed by atoms with Crippen LogP contribution in [0.4, 0.5) is 5.69 Å². The van der Waals surface area contributed by atoms with Gasteiger partial charge in [0.1, 0.15) is 12.1 Å². The Labute approximate surface area is 111 Å². The highest BCUT2D eigenvalue weighted by atomic mass is 16.4. The molecule has 0 amide bonds. The summed E-state index contributed by atoms with van der Waals surface area (Å²) in [7, 11) is 1.74. The summed E-state index contributed by atoms with van der Waals surface area (Å²) in [5.41, 5.74) is 2.59. The van der Waals surface area contributed by atoms with E-state index in [2.05, 4.69) is 24.2 Å². The minimum absolute atomic E-state index is 0.0361. The fraction of sp³-hybridized carbons (Fsp3) is 0.462. The van der Waals surface area contributed by atoms with Crippen LogP contribution in [-0.2, 0) is 11.3 Å². The van der Waals surface area contributed by atoms with E-state index in [1.807, 2.05) is 22.9 Å². The van der Waals surface area contributed by atoms with Gasteiger partial charge in [0.2, 0.25) is 0 Å². The summed E-state index contributed by atoms with van der Waals surface area (Å²) in [4.78, 5) is 12.4. The molecule has 1 aromatic carbocycles. The first-order valence-corrected chi connectivity index (χ1v) is 6.23. The van der Waals surface area contributed by atoms with Crippen LogP contribution in [0.3, 0.4) is 0 Å². The van der Waals surface area contributed by atoms with Gasteiger partial charge in [0, 0.05) is 19.3 Å². The Balaban J connectivity index is 2.29. The predicted molar refractivity (Wildman–Crippen MR) is 73.3 cm³/mol. The van der Waals surface area contributed by atoms with E-state index in [1.165, 1.54) is 0 Å². The van der Waals surface area contributed by atoms with Crippen molar-refractivity contribution in [2.24, 2.45) is 5.92 Å². The third-order valence-electron chi connectivity index (χ3n) is 2.85. The number of nitrogens with zero attached hydrogens (tertiary/aromatic N) is 4. The van der Waals surface area contributed by atoms with Crippen molar-refractivity contribution in [2.75, 3.05) is 18.5 Å². The number of aromatic nitrogens is 3. The van der Waals surface area contributed by atoms with E-state index in [0.29, 0.717) is 5.92 Å². The highest BCUT2D eigenvalue weighted by Crippen LogP contribution is 2.20. The largest absolute Gasteiger partial charge is 0.480 e. The third kappa shape index (κ3) is 3.01. The van der Waals surface area contributed by atoms with Crippen molar-refractivity contribution in [1.29, 1.82) is 0 Å². The Bertz CT molecular complexity index is 591. The van der Waals surface area contributed by atoms with Gasteiger partial charge in [-0.1, -0.05) is 19.1 Å². The number of benzene rings is 1. The standard InChI is InChI=1S/C13H18N4O2/c1-9(2)7-17-12-5-4-10(6-11(12)14-15-17)16(3)8-13(18)19/h4-6,9H,7-8H2,1-3H3,(H,18,19). The van der Waals surface area contributed by atoms with Crippen molar-refractivity contribution in [3.05, 3.63) is 18.2 Å². The molecule has 0 aliphatic heterocycles. The number of fused-ring (bicyclic) bond motifs is 1. The molecule has 0 saturated heterocycles. The van der Waals surface area contributed by atoms with Gasteiger partial charge >= 0.3 is 5.97 Å². The molecule has 0 radical (unpaired) electrons. The normalized spacial score (nSPS) is 11.2. The maximum atomic E-state index is 10.7. The second-order valence-electron chi connectivity index (χ2n) is 5.09. The van der Waals surface area contributed by atoms with E-state index in [-0.39, 0.29) is 6.54 Å². The van der Waals surface area contributed by atoms with Crippen LogP contribution < -0.4 is 4.90 Å². The smallest absolute Gasteiger partial charge is 0.323 e. The van der Waals surface area contributed by atoms with Gasteiger partial charge in [0.05, 0.1) is 5.52 Å². The van der Waals surface area contributed by atoms with Gasteiger partial charge in [-0.3, -0.25) is 4.79 Å². The lowest BCUT2D eigenvalue weighted by molar-refractivity contribution is -0.135. The maximum Gasteiger partial charge on any atom is 0.323 e. The van der Waals surface area contributed by atoms with Gasteiger partial charge in [0.25, 0.3) is 0 Å². The lowest BCUT2D eigenvalue weighted by Crippen LogP contribution is -2.24. The van der Waals surface area contributed by atoms with Crippen molar-refractivity contribution in [2.45, 2.75) is 20.4 Å². The lowest BCUT2D eigenvalue weighted by atomic mass is 10.2. The highest BCUT2D eigenvalue weighted by Gasteiger charge is 2.10. The van der Waals surface area contributed by atoms with E-state index < -0.39 is 5.97 Å². The summed E-state index contributed by atoms with van der Waals surface area (Å²) in [6.07, 6.45) is 0. The molecule has 0 unspecified atom stereocenters. The van der Waals surface area contributed by atoms with Crippen LogP contribution in [0, 0.1) is 5.92 Å². The number of hydrogen-bond acceptors (Lipinski definition) is 4. The zero-order chi connectivity index (χ0) is 14.0. The molecule has 1 N–H and O–H groups in total. The number of carbonyl (C=O) groups is 1. The number of likely N-dealkylation sites (N-methyl/N-ethyl adjacent to an activating group) is 1. The number of carboxylic acid groups (broad SMARTS) is 1. The molecule has 2 rings (SSSR count). The first-order valence-electron chi connectivity index (χ1n) is 6.23. The summed E-state index contributed by atoms with van der Waals surface area (Å²) < 4.78 is 1.88. The Morgan fingerprint density at radius 1 is 1.47 bits per heavy atom. The molecule has 1 heterocycles. The summed E-state index contributed by atoms with van der Waals surface area (Å²) in [6, 6.07) is 5.69. The summed E-state index contributed by atoms with van der Waals surface area (Å²) in [5, 5.41) is 17.0. The van der Waals surface area contributed by atoms with Crippen LogP contribution in [0.2, 0.25) is 0 Å². The van der Waals surface area contributed by atoms with Crippen molar-refractivity contribution < 1.29 is 9.90 Å². The summed E-state index contributed by atoms with van der Waals surface area (Å²) in [6.45, 7) is 5.04. The topological polar surface area (TPSA) is 71.2 Å². The molecule has 0 bridgehead atoms. The van der Waals surface area contributed by atoms with E-state index in [1.54, 1.807) is 11.9 Å². The Kier molecular flexibility index (Phi) is 3.69. The molecule has 0 fully saturated rings. The van der Waals surface area contributed by atoms with Crippen LogP contribution in [0.25, 0.3) is 11.0 Å². The van der Waals surface area contributed by atoms with Crippen LogP contribution in [0.5, 0.6) is 0 Å². The molecular formula is C13H18N4O2. The van der Waals surface area contributed by atoms with Crippen LogP contribution in [0.15, 0.2) is 18.2 Å². The molecule has 0 saturated carbocycles. The van der Waals surface area contributed by atoms with Gasteiger partial charge in [0.15, 0.2) is 0 Å². The van der Waals surface area contributed by atoms with Crippen molar-refractivity contribution in [3.63, 3.8) is 0 Å². The van der Waals surface area contributed by atoms with E-state index >= 15 is 0 Å². The molecule has 0 atom stereocenters. The molecule has 6 heteroatoms. The molecule has 2 aromatic rings. The number of hydrogen-bond donors (Lipinski definition) is 1. The van der Waals surface area contributed by atoms with E-state index in [0.717, 1.165) is 23.3 Å². The molecule has 1 aromatic heterocycles. The zero-order valence-electron chi connectivity index (χ0n) is 11.4. The lowest BCUT2D eigenvalue weighted by Gasteiger charge is -2.16. The van der Waals surface area contributed by atoms with Crippen molar-refractivity contribution in [3.8, 4) is 0 Å². The summed E-state index contributed by atoms with van der Waals surface area (Å²) in [5.74, 6) is -0.356. The van der Waals surface area contributed by atoms with Crippen molar-refractivity contribution >= 4 is 22.7 Å². The number of aliphatic carboxylic acids is 1. The fourth-order valence-electron chi connectivity index (χ4n) is 1.97. The number of carboxylic acids is 1. The second-order valence-corrected chi connectivity index (χ2v) is 5.09. The molecule has 0 spiro atoms. The van der Waals surface area contributed by atoms with E-state index in [9.17, 15) is 4.79 Å². The molecule has 6 nitrogen and oxygen atoms in total. The van der Waals surface area contributed by atoms with Gasteiger partial charge in [-0.15, -0.1) is 5.10 Å². The first kappa shape index (κ1) is 13.3. The Hall–Kier alpha value is -2.11. The average molecular weight is 262 g/mol. The first-order chi connectivity index (χ1) is 8.97. The van der Waals surface area contributed by atoms with Crippen LogP contribution in [0.1, 0.15) is 13.8 Å². The number of rotatable bonds is 5. The minimum Gasteiger partial charge on any atom is -0.480 e.